The van der Waals surface area contributed by atoms with E-state index in [1.54, 1.807) is 4.90 Å². The minimum absolute atomic E-state index is 0.188. The van der Waals surface area contributed by atoms with Crippen LogP contribution < -0.4 is 5.73 Å². The molecule has 1 amide bonds. The van der Waals surface area contributed by atoms with E-state index in [1.807, 2.05) is 7.05 Å². The fraction of sp³-hybridized carbons (Fsp3) is 0.588. The summed E-state index contributed by atoms with van der Waals surface area (Å²) < 4.78 is 5.66. The third kappa shape index (κ3) is 3.25. The largest absolute Gasteiger partial charge is 0.440 e. The lowest BCUT2D eigenvalue weighted by Gasteiger charge is -2.38. The number of nitrogens with two attached hydrogens (primary N) is 1. The van der Waals surface area contributed by atoms with Gasteiger partial charge in [0.05, 0.1) is 6.54 Å². The highest BCUT2D eigenvalue weighted by molar-refractivity contribution is 5.70. The van der Waals surface area contributed by atoms with Crippen LogP contribution in [0.4, 0.5) is 4.79 Å². The normalized spacial score (nSPS) is 25.7. The first kappa shape index (κ1) is 15.3. The van der Waals surface area contributed by atoms with Crippen LogP contribution in [-0.4, -0.2) is 54.7 Å². The van der Waals surface area contributed by atoms with E-state index in [2.05, 4.69) is 29.2 Å². The first-order valence-corrected chi connectivity index (χ1v) is 8.05. The van der Waals surface area contributed by atoms with E-state index >= 15 is 0 Å². The molecule has 0 aliphatic carbocycles. The van der Waals surface area contributed by atoms with Gasteiger partial charge in [-0.05, 0) is 43.5 Å². The highest BCUT2D eigenvalue weighted by Crippen LogP contribution is 2.31. The zero-order chi connectivity index (χ0) is 15.6. The maximum Gasteiger partial charge on any atom is 0.410 e. The van der Waals surface area contributed by atoms with E-state index in [1.165, 1.54) is 11.1 Å². The van der Waals surface area contributed by atoms with Gasteiger partial charge in [0.1, 0.15) is 5.60 Å². The molecule has 2 N–H and O–H groups in total. The zero-order valence-electron chi connectivity index (χ0n) is 13.3. The van der Waals surface area contributed by atoms with Crippen LogP contribution in [0.25, 0.3) is 0 Å². The Hall–Kier alpha value is -1.59. The number of hydrogen-bond donors (Lipinski definition) is 1. The van der Waals surface area contributed by atoms with Gasteiger partial charge in [-0.15, -0.1) is 0 Å². The maximum absolute atomic E-state index is 11.7. The van der Waals surface area contributed by atoms with Crippen molar-refractivity contribution < 1.29 is 9.53 Å². The van der Waals surface area contributed by atoms with Crippen molar-refractivity contribution in [1.29, 1.82) is 0 Å². The Morgan fingerprint density at radius 1 is 1.32 bits per heavy atom. The van der Waals surface area contributed by atoms with E-state index in [9.17, 15) is 4.79 Å². The molecule has 2 aliphatic heterocycles. The van der Waals surface area contributed by atoms with E-state index in [-0.39, 0.29) is 11.7 Å². The Morgan fingerprint density at radius 2 is 2.14 bits per heavy atom. The molecule has 0 saturated carbocycles. The number of likely N-dealkylation sites (tertiary alicyclic amines) is 1. The number of carbonyl (C=O) groups is 1. The minimum atomic E-state index is -0.307. The van der Waals surface area contributed by atoms with Gasteiger partial charge in [-0.1, -0.05) is 24.3 Å². The van der Waals surface area contributed by atoms with E-state index in [0.29, 0.717) is 13.1 Å². The second-order valence-electron chi connectivity index (χ2n) is 6.58. The van der Waals surface area contributed by atoms with Gasteiger partial charge < -0.3 is 15.4 Å². The molecule has 0 unspecified atom stereocenters. The molecule has 2 saturated heterocycles. The highest BCUT2D eigenvalue weighted by atomic mass is 16.6. The summed E-state index contributed by atoms with van der Waals surface area (Å²) in [7, 11) is 1.81. The number of nitrogens with zero attached hydrogens (tertiary/aromatic N) is 2. The summed E-state index contributed by atoms with van der Waals surface area (Å²) in [5.74, 6) is 0. The van der Waals surface area contributed by atoms with Crippen LogP contribution in [-0.2, 0) is 17.7 Å². The van der Waals surface area contributed by atoms with Crippen LogP contribution >= 0.6 is 0 Å². The zero-order valence-corrected chi connectivity index (χ0v) is 13.3. The summed E-state index contributed by atoms with van der Waals surface area (Å²) in [5.41, 5.74) is 7.93. The quantitative estimate of drug-likeness (QED) is 0.918. The summed E-state index contributed by atoms with van der Waals surface area (Å²) in [4.78, 5) is 15.8. The van der Waals surface area contributed by atoms with Crippen molar-refractivity contribution in [2.75, 3.05) is 33.2 Å². The Morgan fingerprint density at radius 3 is 2.86 bits per heavy atom. The van der Waals surface area contributed by atoms with Gasteiger partial charge in [0.2, 0.25) is 0 Å². The van der Waals surface area contributed by atoms with E-state index in [4.69, 9.17) is 10.5 Å². The molecule has 22 heavy (non-hydrogen) atoms. The van der Waals surface area contributed by atoms with Crippen molar-refractivity contribution >= 4 is 6.09 Å². The van der Waals surface area contributed by atoms with Crippen molar-refractivity contribution in [1.82, 2.24) is 9.80 Å². The van der Waals surface area contributed by atoms with E-state index < -0.39 is 0 Å². The summed E-state index contributed by atoms with van der Waals surface area (Å²) in [6.07, 6.45) is 2.77. The monoisotopic (exact) mass is 303 g/mol. The molecule has 0 bridgehead atoms. The standard InChI is InChI=1S/C17H25N3O2/c1-19-12-17(22-16(19)21)7-3-9-20(13-17)11-15-5-2-4-14(10-15)6-8-18/h2,4-5,10H,3,6-9,11-13,18H2,1H3/t17-/m1/s1. The lowest BCUT2D eigenvalue weighted by molar-refractivity contribution is -0.0113. The lowest BCUT2D eigenvalue weighted by Crippen LogP contribution is -2.50. The molecule has 2 heterocycles. The van der Waals surface area contributed by atoms with Gasteiger partial charge >= 0.3 is 6.09 Å². The molecule has 1 atom stereocenters. The van der Waals surface area contributed by atoms with Crippen LogP contribution in [0.5, 0.6) is 0 Å². The number of piperidine rings is 1. The average molecular weight is 303 g/mol. The van der Waals surface area contributed by atoms with Crippen molar-refractivity contribution in [2.45, 2.75) is 31.4 Å². The Balaban J connectivity index is 1.66. The fourth-order valence-corrected chi connectivity index (χ4v) is 3.64. The average Bonchev–Trinajstić information content (AvgIpc) is 2.73. The van der Waals surface area contributed by atoms with Gasteiger partial charge in [-0.2, -0.15) is 0 Å². The van der Waals surface area contributed by atoms with Crippen LogP contribution in [0.1, 0.15) is 24.0 Å². The van der Waals surface area contributed by atoms with Gasteiger partial charge in [-0.3, -0.25) is 4.90 Å². The van der Waals surface area contributed by atoms with Crippen molar-refractivity contribution in [2.24, 2.45) is 5.73 Å². The molecule has 1 spiro atoms. The second-order valence-corrected chi connectivity index (χ2v) is 6.58. The van der Waals surface area contributed by atoms with Gasteiger partial charge in [0.25, 0.3) is 0 Å². The number of benzene rings is 1. The second kappa shape index (κ2) is 6.26. The van der Waals surface area contributed by atoms with Crippen molar-refractivity contribution in [3.8, 4) is 0 Å². The number of rotatable bonds is 4. The summed E-state index contributed by atoms with van der Waals surface area (Å²) >= 11 is 0. The first-order chi connectivity index (χ1) is 10.6. The molecule has 5 heteroatoms. The van der Waals surface area contributed by atoms with Crippen LogP contribution in [0.15, 0.2) is 24.3 Å². The fourth-order valence-electron chi connectivity index (χ4n) is 3.64. The van der Waals surface area contributed by atoms with Crippen LogP contribution in [0.3, 0.4) is 0 Å². The molecule has 2 fully saturated rings. The van der Waals surface area contributed by atoms with Gasteiger partial charge in [0, 0.05) is 20.1 Å². The molecule has 1 aromatic carbocycles. The topological polar surface area (TPSA) is 58.8 Å². The SMILES string of the molecule is CN1C[C@@]2(CCCN(Cc3cccc(CCN)c3)C2)OC1=O. The lowest BCUT2D eigenvalue weighted by atomic mass is 9.92. The number of amides is 1. The third-order valence-electron chi connectivity index (χ3n) is 4.59. The summed E-state index contributed by atoms with van der Waals surface area (Å²) in [6, 6.07) is 8.63. The minimum Gasteiger partial charge on any atom is -0.440 e. The first-order valence-electron chi connectivity index (χ1n) is 8.05. The predicted molar refractivity (Wildman–Crippen MR) is 85.6 cm³/mol. The highest BCUT2D eigenvalue weighted by Gasteiger charge is 2.46. The summed E-state index contributed by atoms with van der Waals surface area (Å²) in [5, 5.41) is 0. The Bertz CT molecular complexity index is 548. The number of carbonyl (C=O) groups excluding carboxylic acids is 1. The van der Waals surface area contributed by atoms with Crippen molar-refractivity contribution in [3.63, 3.8) is 0 Å². The molecule has 120 valence electrons. The number of ether oxygens (including phenoxy) is 1. The van der Waals surface area contributed by atoms with Crippen LogP contribution in [0.2, 0.25) is 0 Å². The Labute approximate surface area is 132 Å². The summed E-state index contributed by atoms with van der Waals surface area (Å²) in [6.45, 7) is 4.17. The number of likely N-dealkylation sites (N-methyl/N-ethyl adjacent to an activating group) is 1. The molecule has 3 rings (SSSR count). The molecular weight excluding hydrogens is 278 g/mol. The predicted octanol–water partition coefficient (Wildman–Crippen LogP) is 1.60. The van der Waals surface area contributed by atoms with Crippen LogP contribution in [0, 0.1) is 0 Å². The molecular formula is C17H25N3O2. The number of hydrogen-bond acceptors (Lipinski definition) is 4. The third-order valence-corrected chi connectivity index (χ3v) is 4.59. The molecule has 2 aliphatic rings. The molecule has 5 nitrogen and oxygen atoms in total. The van der Waals surface area contributed by atoms with Gasteiger partial charge in [0.15, 0.2) is 0 Å². The van der Waals surface area contributed by atoms with Gasteiger partial charge in [-0.25, -0.2) is 4.79 Å². The molecule has 0 aromatic heterocycles. The molecule has 1 aromatic rings. The Kier molecular flexibility index (Phi) is 4.36. The van der Waals surface area contributed by atoms with E-state index in [0.717, 1.165) is 38.9 Å². The van der Waals surface area contributed by atoms with Crippen molar-refractivity contribution in [3.05, 3.63) is 35.4 Å². The smallest absolute Gasteiger partial charge is 0.410 e. The maximum atomic E-state index is 11.7. The molecule has 0 radical (unpaired) electrons.